The van der Waals surface area contributed by atoms with Crippen molar-refractivity contribution in [2.75, 3.05) is 11.9 Å². The maximum atomic E-state index is 11.6. The van der Waals surface area contributed by atoms with E-state index in [1.54, 1.807) is 6.20 Å². The fourth-order valence-electron chi connectivity index (χ4n) is 1.68. The third kappa shape index (κ3) is 2.79. The topological polar surface area (TPSA) is 68.0 Å². The van der Waals surface area contributed by atoms with Crippen LogP contribution in [0.25, 0.3) is 10.9 Å². The molecule has 3 N–H and O–H groups in total. The van der Waals surface area contributed by atoms with E-state index >= 15 is 0 Å². The molecule has 0 bridgehead atoms. The molecule has 1 aromatic heterocycles. The summed E-state index contributed by atoms with van der Waals surface area (Å²) in [6.07, 6.45) is 2.86. The Morgan fingerprint density at radius 2 is 2.12 bits per heavy atom. The number of hydrogen-bond acceptors (Lipinski definition) is 3. The summed E-state index contributed by atoms with van der Waals surface area (Å²) < 4.78 is 0. The Balaban J connectivity index is 2.21. The van der Waals surface area contributed by atoms with Crippen LogP contribution in [0.5, 0.6) is 0 Å². The number of para-hydroxylation sites is 1. The average molecular weight is 229 g/mol. The highest BCUT2D eigenvalue weighted by Crippen LogP contribution is 2.20. The van der Waals surface area contributed by atoms with Crippen LogP contribution < -0.4 is 11.1 Å². The molecule has 1 aromatic carbocycles. The minimum absolute atomic E-state index is 0.0198. The molecule has 1 heterocycles. The van der Waals surface area contributed by atoms with E-state index in [0.717, 1.165) is 16.6 Å². The Morgan fingerprint density at radius 3 is 2.94 bits per heavy atom. The molecular formula is C13H15N3O. The molecule has 0 aliphatic carbocycles. The molecule has 0 aliphatic rings. The van der Waals surface area contributed by atoms with Gasteiger partial charge in [-0.15, -0.1) is 0 Å². The van der Waals surface area contributed by atoms with Gasteiger partial charge in [0.2, 0.25) is 5.91 Å². The van der Waals surface area contributed by atoms with Crippen LogP contribution in [0.4, 0.5) is 5.69 Å². The van der Waals surface area contributed by atoms with Crippen LogP contribution >= 0.6 is 0 Å². The number of fused-ring (bicyclic) bond motifs is 1. The smallest absolute Gasteiger partial charge is 0.224 e. The summed E-state index contributed by atoms with van der Waals surface area (Å²) in [6, 6.07) is 9.58. The Hall–Kier alpha value is -1.94. The van der Waals surface area contributed by atoms with E-state index in [4.69, 9.17) is 5.73 Å². The number of nitrogens with one attached hydrogen (secondary N) is 1. The van der Waals surface area contributed by atoms with Crippen molar-refractivity contribution in [3.05, 3.63) is 36.5 Å². The van der Waals surface area contributed by atoms with E-state index in [1.165, 1.54) is 0 Å². The van der Waals surface area contributed by atoms with E-state index in [-0.39, 0.29) is 5.91 Å². The highest BCUT2D eigenvalue weighted by atomic mass is 16.1. The number of pyridine rings is 1. The fourth-order valence-corrected chi connectivity index (χ4v) is 1.68. The second-order valence-corrected chi connectivity index (χ2v) is 3.82. The molecular weight excluding hydrogens is 214 g/mol. The Labute approximate surface area is 99.8 Å². The van der Waals surface area contributed by atoms with E-state index in [2.05, 4.69) is 10.3 Å². The zero-order valence-corrected chi connectivity index (χ0v) is 9.52. The lowest BCUT2D eigenvalue weighted by Crippen LogP contribution is -2.13. The molecule has 88 valence electrons. The van der Waals surface area contributed by atoms with Gasteiger partial charge in [0.05, 0.1) is 11.2 Å². The van der Waals surface area contributed by atoms with Crippen molar-refractivity contribution in [1.82, 2.24) is 4.98 Å². The van der Waals surface area contributed by atoms with Gasteiger partial charge in [-0.2, -0.15) is 0 Å². The van der Waals surface area contributed by atoms with Crippen molar-refractivity contribution in [1.29, 1.82) is 0 Å². The normalized spacial score (nSPS) is 10.4. The number of hydrogen-bond donors (Lipinski definition) is 2. The monoisotopic (exact) mass is 229 g/mol. The summed E-state index contributed by atoms with van der Waals surface area (Å²) in [6.45, 7) is 0.529. The first-order valence-corrected chi connectivity index (χ1v) is 5.65. The zero-order valence-electron chi connectivity index (χ0n) is 9.52. The molecule has 2 aromatic rings. The first-order chi connectivity index (χ1) is 8.31. The lowest BCUT2D eigenvalue weighted by Gasteiger charge is -2.07. The van der Waals surface area contributed by atoms with Gasteiger partial charge < -0.3 is 11.1 Å². The van der Waals surface area contributed by atoms with Gasteiger partial charge in [-0.25, -0.2) is 0 Å². The minimum atomic E-state index is -0.0198. The number of nitrogens with zero attached hydrogens (tertiary/aromatic N) is 1. The average Bonchev–Trinajstić information content (AvgIpc) is 2.37. The summed E-state index contributed by atoms with van der Waals surface area (Å²) in [5.41, 5.74) is 6.94. The van der Waals surface area contributed by atoms with Gasteiger partial charge in [-0.1, -0.05) is 18.2 Å². The predicted octanol–water partition coefficient (Wildman–Crippen LogP) is 1.91. The Morgan fingerprint density at radius 1 is 1.29 bits per heavy atom. The minimum Gasteiger partial charge on any atom is -0.330 e. The van der Waals surface area contributed by atoms with Crippen LogP contribution in [0, 0.1) is 0 Å². The van der Waals surface area contributed by atoms with E-state index < -0.39 is 0 Å². The van der Waals surface area contributed by atoms with Crippen molar-refractivity contribution in [2.24, 2.45) is 5.73 Å². The summed E-state index contributed by atoms with van der Waals surface area (Å²) in [4.78, 5) is 15.9. The second-order valence-electron chi connectivity index (χ2n) is 3.82. The molecule has 0 spiro atoms. The Kier molecular flexibility index (Phi) is 3.67. The van der Waals surface area contributed by atoms with Gasteiger partial charge in [-0.05, 0) is 25.1 Å². The molecule has 0 aliphatic heterocycles. The third-order valence-corrected chi connectivity index (χ3v) is 2.51. The third-order valence-electron chi connectivity index (χ3n) is 2.51. The molecule has 2 rings (SSSR count). The van der Waals surface area contributed by atoms with Crippen LogP contribution in [0.3, 0.4) is 0 Å². The molecule has 4 nitrogen and oxygen atoms in total. The molecule has 0 saturated carbocycles. The maximum Gasteiger partial charge on any atom is 0.224 e. The lowest BCUT2D eigenvalue weighted by atomic mass is 10.2. The number of benzene rings is 1. The zero-order chi connectivity index (χ0) is 12.1. The first-order valence-electron chi connectivity index (χ1n) is 5.65. The Bertz CT molecular complexity index is 520. The van der Waals surface area contributed by atoms with Gasteiger partial charge in [0.15, 0.2) is 0 Å². The summed E-state index contributed by atoms with van der Waals surface area (Å²) in [5, 5.41) is 3.88. The standard InChI is InChI=1S/C13H15N3O/c14-8-2-7-12(17)16-11-6-1-4-10-5-3-9-15-13(10)11/h1,3-6,9H,2,7-8,14H2,(H,16,17). The SMILES string of the molecule is NCCCC(=O)Nc1cccc2cccnc12. The van der Waals surface area contributed by atoms with Crippen LogP contribution in [-0.4, -0.2) is 17.4 Å². The number of anilines is 1. The number of amides is 1. The fraction of sp³-hybridized carbons (Fsp3) is 0.231. The highest BCUT2D eigenvalue weighted by molar-refractivity contribution is 6.00. The molecule has 0 unspecified atom stereocenters. The van der Waals surface area contributed by atoms with Gasteiger partial charge >= 0.3 is 0 Å². The maximum absolute atomic E-state index is 11.6. The predicted molar refractivity (Wildman–Crippen MR) is 68.7 cm³/mol. The van der Waals surface area contributed by atoms with Crippen molar-refractivity contribution in [3.63, 3.8) is 0 Å². The molecule has 0 radical (unpaired) electrons. The largest absolute Gasteiger partial charge is 0.330 e. The summed E-state index contributed by atoms with van der Waals surface area (Å²) in [5.74, 6) is -0.0198. The summed E-state index contributed by atoms with van der Waals surface area (Å²) in [7, 11) is 0. The van der Waals surface area contributed by atoms with Crippen molar-refractivity contribution in [3.8, 4) is 0 Å². The number of aromatic nitrogens is 1. The van der Waals surface area contributed by atoms with E-state index in [0.29, 0.717) is 19.4 Å². The van der Waals surface area contributed by atoms with Crippen molar-refractivity contribution in [2.45, 2.75) is 12.8 Å². The van der Waals surface area contributed by atoms with E-state index in [9.17, 15) is 4.79 Å². The lowest BCUT2D eigenvalue weighted by molar-refractivity contribution is -0.116. The summed E-state index contributed by atoms with van der Waals surface area (Å²) >= 11 is 0. The van der Waals surface area contributed by atoms with Gasteiger partial charge in [0.25, 0.3) is 0 Å². The van der Waals surface area contributed by atoms with Crippen LogP contribution in [-0.2, 0) is 4.79 Å². The molecule has 4 heteroatoms. The number of nitrogens with two attached hydrogens (primary N) is 1. The molecule has 0 fully saturated rings. The van der Waals surface area contributed by atoms with E-state index in [1.807, 2.05) is 30.3 Å². The molecule has 0 atom stereocenters. The number of carbonyl (C=O) groups is 1. The second kappa shape index (κ2) is 5.41. The number of carbonyl (C=O) groups excluding carboxylic acids is 1. The molecule has 1 amide bonds. The van der Waals surface area contributed by atoms with Gasteiger partial charge in [0, 0.05) is 18.0 Å². The van der Waals surface area contributed by atoms with Gasteiger partial charge in [-0.3, -0.25) is 9.78 Å². The van der Waals surface area contributed by atoms with Crippen molar-refractivity contribution < 1.29 is 4.79 Å². The van der Waals surface area contributed by atoms with Gasteiger partial charge in [0.1, 0.15) is 0 Å². The quantitative estimate of drug-likeness (QED) is 0.841. The van der Waals surface area contributed by atoms with Crippen LogP contribution in [0.2, 0.25) is 0 Å². The van der Waals surface area contributed by atoms with Crippen LogP contribution in [0.1, 0.15) is 12.8 Å². The van der Waals surface area contributed by atoms with Crippen LogP contribution in [0.15, 0.2) is 36.5 Å². The first kappa shape index (κ1) is 11.5. The number of rotatable bonds is 4. The highest BCUT2D eigenvalue weighted by Gasteiger charge is 2.05. The molecule has 0 saturated heterocycles. The van der Waals surface area contributed by atoms with Crippen molar-refractivity contribution >= 4 is 22.5 Å². The molecule has 17 heavy (non-hydrogen) atoms.